The molecular formula is C17H13Si. The van der Waals surface area contributed by atoms with Crippen LogP contribution < -0.4 is 0 Å². The van der Waals surface area contributed by atoms with E-state index in [4.69, 9.17) is 0 Å². The molecule has 0 aliphatic heterocycles. The molecule has 18 heavy (non-hydrogen) atoms. The van der Waals surface area contributed by atoms with Crippen LogP contribution in [0.5, 0.6) is 0 Å². The van der Waals surface area contributed by atoms with Gasteiger partial charge in [0, 0.05) is 10.2 Å². The van der Waals surface area contributed by atoms with Crippen molar-refractivity contribution in [1.29, 1.82) is 0 Å². The van der Waals surface area contributed by atoms with Gasteiger partial charge in [-0.2, -0.15) is 0 Å². The second-order valence-corrected chi connectivity index (χ2v) is 4.71. The molecular weight excluding hydrogens is 232 g/mol. The Hall–Kier alpha value is -1.86. The van der Waals surface area contributed by atoms with Crippen molar-refractivity contribution in [3.63, 3.8) is 0 Å². The second-order valence-electron chi connectivity index (χ2n) is 4.36. The van der Waals surface area contributed by atoms with Crippen LogP contribution in [0.1, 0.15) is 5.56 Å². The smallest absolute Gasteiger partial charge is 0.0284 e. The van der Waals surface area contributed by atoms with Gasteiger partial charge in [0.25, 0.3) is 0 Å². The summed E-state index contributed by atoms with van der Waals surface area (Å²) in [7, 11) is 3.62. The minimum Gasteiger partial charge on any atom is -0.0620 e. The monoisotopic (exact) mass is 245 g/mol. The third kappa shape index (κ3) is 1.87. The highest BCUT2D eigenvalue weighted by molar-refractivity contribution is 6.09. The van der Waals surface area contributed by atoms with Crippen LogP contribution in [-0.4, -0.2) is 10.2 Å². The largest absolute Gasteiger partial charge is 0.0620 e. The number of fused-ring (bicyclic) bond motifs is 1. The molecule has 0 aromatic heterocycles. The Morgan fingerprint density at radius 1 is 0.667 bits per heavy atom. The summed E-state index contributed by atoms with van der Waals surface area (Å²) in [6, 6.07) is 24.4. The topological polar surface area (TPSA) is 0 Å². The second kappa shape index (κ2) is 4.79. The Bertz CT molecular complexity index is 681. The molecule has 1 heteroatoms. The van der Waals surface area contributed by atoms with Gasteiger partial charge in [0.15, 0.2) is 0 Å². The highest BCUT2D eigenvalue weighted by Gasteiger charge is 2.06. The lowest BCUT2D eigenvalue weighted by atomic mass is 9.95. The first-order valence-corrected chi connectivity index (χ1v) is 6.81. The molecule has 0 N–H and O–H groups in total. The first kappa shape index (κ1) is 11.2. The van der Waals surface area contributed by atoms with E-state index in [1.54, 1.807) is 0 Å². The lowest BCUT2D eigenvalue weighted by molar-refractivity contribution is 1.40. The van der Waals surface area contributed by atoms with Crippen molar-refractivity contribution in [2.24, 2.45) is 0 Å². The van der Waals surface area contributed by atoms with E-state index in [2.05, 4.69) is 77.0 Å². The fourth-order valence-electron chi connectivity index (χ4n) is 2.40. The van der Waals surface area contributed by atoms with Crippen LogP contribution in [0.3, 0.4) is 0 Å². The first-order valence-electron chi connectivity index (χ1n) is 6.11. The minimum absolute atomic E-state index is 0.874. The summed E-state index contributed by atoms with van der Waals surface area (Å²) in [5.74, 6) is 0. The number of hydrogen-bond donors (Lipinski definition) is 0. The average molecular weight is 245 g/mol. The van der Waals surface area contributed by atoms with Crippen molar-refractivity contribution in [3.8, 4) is 11.1 Å². The van der Waals surface area contributed by atoms with E-state index < -0.39 is 0 Å². The van der Waals surface area contributed by atoms with E-state index in [1.165, 1.54) is 27.5 Å². The quantitative estimate of drug-likeness (QED) is 0.594. The van der Waals surface area contributed by atoms with E-state index in [0.717, 1.165) is 6.04 Å². The third-order valence-corrected chi connectivity index (χ3v) is 3.67. The summed E-state index contributed by atoms with van der Waals surface area (Å²) < 4.78 is 0. The van der Waals surface area contributed by atoms with Gasteiger partial charge in [-0.05, 0) is 33.5 Å². The minimum atomic E-state index is 0.874. The normalized spacial score (nSPS) is 10.7. The Labute approximate surface area is 111 Å². The summed E-state index contributed by atoms with van der Waals surface area (Å²) in [5.41, 5.74) is 3.94. The fourth-order valence-corrected chi connectivity index (χ4v) is 2.71. The molecule has 0 saturated heterocycles. The highest BCUT2D eigenvalue weighted by atomic mass is 28.1. The van der Waals surface area contributed by atoms with Crippen LogP contribution in [0.15, 0.2) is 66.7 Å². The molecule has 3 aromatic rings. The maximum Gasteiger partial charge on any atom is 0.0284 e. The standard InChI is InChI=1S/C17H13Si/c18-12-14-7-2-4-10-16(14)17-11-5-8-13-6-1-3-9-15(13)17/h1-11H,12H2. The highest BCUT2D eigenvalue weighted by Crippen LogP contribution is 2.30. The lowest BCUT2D eigenvalue weighted by Gasteiger charge is -2.10. The Kier molecular flexibility index (Phi) is 2.99. The van der Waals surface area contributed by atoms with Crippen LogP contribution in [0.4, 0.5) is 0 Å². The van der Waals surface area contributed by atoms with Gasteiger partial charge in [0.05, 0.1) is 0 Å². The Morgan fingerprint density at radius 2 is 1.33 bits per heavy atom. The van der Waals surface area contributed by atoms with E-state index >= 15 is 0 Å². The van der Waals surface area contributed by atoms with Crippen molar-refractivity contribution in [2.75, 3.05) is 0 Å². The predicted molar refractivity (Wildman–Crippen MR) is 78.8 cm³/mol. The van der Waals surface area contributed by atoms with Gasteiger partial charge in [-0.15, -0.1) is 0 Å². The summed E-state index contributed by atoms with van der Waals surface area (Å²) >= 11 is 0. The Balaban J connectivity index is 2.32. The molecule has 0 saturated carbocycles. The summed E-state index contributed by atoms with van der Waals surface area (Å²) in [6.45, 7) is 0. The van der Waals surface area contributed by atoms with Gasteiger partial charge in [-0.25, -0.2) is 0 Å². The maximum absolute atomic E-state index is 3.62. The van der Waals surface area contributed by atoms with Crippen molar-refractivity contribution in [1.82, 2.24) is 0 Å². The van der Waals surface area contributed by atoms with Gasteiger partial charge in [0.1, 0.15) is 0 Å². The van der Waals surface area contributed by atoms with Crippen LogP contribution in [-0.2, 0) is 6.04 Å². The predicted octanol–water partition coefficient (Wildman–Crippen LogP) is 4.18. The molecule has 0 spiro atoms. The third-order valence-electron chi connectivity index (χ3n) is 3.29. The molecule has 0 nitrogen and oxygen atoms in total. The van der Waals surface area contributed by atoms with E-state index in [1.807, 2.05) is 0 Å². The van der Waals surface area contributed by atoms with Crippen LogP contribution in [0, 0.1) is 0 Å². The molecule has 3 aromatic carbocycles. The summed E-state index contributed by atoms with van der Waals surface area (Å²) in [4.78, 5) is 0. The maximum atomic E-state index is 3.62. The zero-order chi connectivity index (χ0) is 12.4. The van der Waals surface area contributed by atoms with Crippen molar-refractivity contribution >= 4 is 21.0 Å². The molecule has 0 amide bonds. The molecule has 0 fully saturated rings. The molecule has 0 bridgehead atoms. The van der Waals surface area contributed by atoms with Gasteiger partial charge < -0.3 is 0 Å². The Morgan fingerprint density at radius 3 is 2.22 bits per heavy atom. The van der Waals surface area contributed by atoms with E-state index in [0.29, 0.717) is 0 Å². The summed E-state index contributed by atoms with van der Waals surface area (Å²) in [5, 5.41) is 2.60. The average Bonchev–Trinajstić information content (AvgIpc) is 2.46. The molecule has 85 valence electrons. The van der Waals surface area contributed by atoms with Gasteiger partial charge in [0.2, 0.25) is 0 Å². The molecule has 3 radical (unpaired) electrons. The van der Waals surface area contributed by atoms with Gasteiger partial charge in [-0.1, -0.05) is 66.7 Å². The number of rotatable bonds is 2. The molecule has 3 rings (SSSR count). The van der Waals surface area contributed by atoms with Crippen LogP contribution in [0.25, 0.3) is 21.9 Å². The lowest BCUT2D eigenvalue weighted by Crippen LogP contribution is -1.90. The van der Waals surface area contributed by atoms with Crippen molar-refractivity contribution < 1.29 is 0 Å². The number of benzene rings is 3. The van der Waals surface area contributed by atoms with Gasteiger partial charge >= 0.3 is 0 Å². The zero-order valence-corrected chi connectivity index (χ0v) is 11.1. The SMILES string of the molecule is [Si]Cc1ccccc1-c1cccc2ccccc12. The fraction of sp³-hybridized carbons (Fsp3) is 0.0588. The molecule has 0 aliphatic rings. The van der Waals surface area contributed by atoms with Crippen molar-refractivity contribution in [2.45, 2.75) is 6.04 Å². The molecule has 0 heterocycles. The zero-order valence-electron chi connectivity index (χ0n) is 10.1. The molecule has 0 atom stereocenters. The first-order chi connectivity index (χ1) is 8.90. The van der Waals surface area contributed by atoms with E-state index in [9.17, 15) is 0 Å². The van der Waals surface area contributed by atoms with Gasteiger partial charge in [-0.3, -0.25) is 0 Å². The van der Waals surface area contributed by atoms with Crippen LogP contribution in [0.2, 0.25) is 0 Å². The number of hydrogen-bond acceptors (Lipinski definition) is 0. The molecule has 0 unspecified atom stereocenters. The van der Waals surface area contributed by atoms with E-state index in [-0.39, 0.29) is 0 Å². The van der Waals surface area contributed by atoms with Crippen LogP contribution >= 0.6 is 0 Å². The molecule has 0 aliphatic carbocycles. The van der Waals surface area contributed by atoms with Crippen molar-refractivity contribution in [3.05, 3.63) is 72.3 Å². The summed E-state index contributed by atoms with van der Waals surface area (Å²) in [6.07, 6.45) is 0.